The molecule has 7 nitrogen and oxygen atoms in total. The molecule has 0 unspecified atom stereocenters. The van der Waals surface area contributed by atoms with Crippen molar-refractivity contribution in [3.8, 4) is 11.3 Å². The van der Waals surface area contributed by atoms with Crippen LogP contribution in [0.2, 0.25) is 15.2 Å². The third-order valence-corrected chi connectivity index (χ3v) is 4.30. The molecule has 0 saturated carbocycles. The van der Waals surface area contributed by atoms with Gasteiger partial charge in [0.25, 0.3) is 0 Å². The van der Waals surface area contributed by atoms with Crippen LogP contribution in [0.4, 0.5) is 15.4 Å². The Morgan fingerprint density at radius 3 is 1.97 bits per heavy atom. The minimum Gasteiger partial charge on any atom is -0.443 e. The number of carbonyl (C=O) groups is 2. The number of hydrogen-bond acceptors (Lipinski definition) is 6. The zero-order chi connectivity index (χ0) is 22.9. The highest BCUT2D eigenvalue weighted by Crippen LogP contribution is 2.37. The van der Waals surface area contributed by atoms with Crippen LogP contribution in [-0.4, -0.2) is 33.4 Å². The van der Waals surface area contributed by atoms with Gasteiger partial charge in [-0.15, -0.1) is 0 Å². The molecule has 2 aromatic rings. The van der Waals surface area contributed by atoms with E-state index in [9.17, 15) is 9.59 Å². The Kier molecular flexibility index (Phi) is 7.22. The molecule has 0 aliphatic rings. The summed E-state index contributed by atoms with van der Waals surface area (Å²) in [6.45, 7) is 9.98. The van der Waals surface area contributed by atoms with Gasteiger partial charge >= 0.3 is 12.2 Å². The lowest BCUT2D eigenvalue weighted by Gasteiger charge is -2.28. The maximum absolute atomic E-state index is 13.0. The molecule has 0 fully saturated rings. The molecule has 0 N–H and O–H groups in total. The average Bonchev–Trinajstić information content (AvgIpc) is 2.55. The summed E-state index contributed by atoms with van der Waals surface area (Å²) in [6, 6.07) is 4.86. The second-order valence-corrected chi connectivity index (χ2v) is 9.43. The topological polar surface area (TPSA) is 81.6 Å². The first-order chi connectivity index (χ1) is 13.7. The Bertz CT molecular complexity index is 941. The van der Waals surface area contributed by atoms with E-state index in [0.29, 0.717) is 10.5 Å². The summed E-state index contributed by atoms with van der Waals surface area (Å²) >= 11 is 18.5. The fraction of sp³-hybridized carbons (Fsp3) is 0.400. The molecule has 0 saturated heterocycles. The number of benzene rings is 1. The third-order valence-electron chi connectivity index (χ3n) is 3.30. The molecule has 1 aromatic carbocycles. The van der Waals surface area contributed by atoms with Gasteiger partial charge in [0, 0.05) is 5.56 Å². The van der Waals surface area contributed by atoms with Gasteiger partial charge in [0.2, 0.25) is 0 Å². The van der Waals surface area contributed by atoms with Crippen LogP contribution in [-0.2, 0) is 9.47 Å². The van der Waals surface area contributed by atoms with Crippen molar-refractivity contribution >= 4 is 52.8 Å². The lowest BCUT2D eigenvalue weighted by molar-refractivity contribution is 0.0429. The molecule has 0 bridgehead atoms. The summed E-state index contributed by atoms with van der Waals surface area (Å²) in [5, 5.41) is 0.382. The maximum Gasteiger partial charge on any atom is 0.425 e. The number of imide groups is 1. The van der Waals surface area contributed by atoms with Crippen LogP contribution in [0.25, 0.3) is 11.3 Å². The second-order valence-electron chi connectivity index (χ2n) is 8.26. The Balaban J connectivity index is 2.71. The van der Waals surface area contributed by atoms with Gasteiger partial charge in [-0.05, 0) is 47.6 Å². The molecule has 0 aliphatic heterocycles. The van der Waals surface area contributed by atoms with E-state index in [1.54, 1.807) is 59.7 Å². The quantitative estimate of drug-likeness (QED) is 0.477. The summed E-state index contributed by atoms with van der Waals surface area (Å²) in [6.07, 6.45) is -0.750. The van der Waals surface area contributed by atoms with Crippen molar-refractivity contribution in [1.82, 2.24) is 9.97 Å². The molecule has 2 rings (SSSR count). The van der Waals surface area contributed by atoms with Gasteiger partial charge in [0.1, 0.15) is 22.0 Å². The van der Waals surface area contributed by atoms with Crippen LogP contribution in [0, 0.1) is 0 Å². The van der Waals surface area contributed by atoms with Gasteiger partial charge in [-0.2, -0.15) is 4.90 Å². The van der Waals surface area contributed by atoms with Crippen molar-refractivity contribution in [3.05, 3.63) is 39.6 Å². The molecule has 162 valence electrons. The first-order valence-corrected chi connectivity index (χ1v) is 10.1. The average molecular weight is 475 g/mol. The van der Waals surface area contributed by atoms with E-state index in [1.165, 1.54) is 6.20 Å². The second kappa shape index (κ2) is 8.96. The van der Waals surface area contributed by atoms with Gasteiger partial charge in [-0.3, -0.25) is 0 Å². The highest BCUT2D eigenvalue weighted by atomic mass is 35.5. The Morgan fingerprint density at radius 2 is 1.47 bits per heavy atom. The van der Waals surface area contributed by atoms with Crippen molar-refractivity contribution in [1.29, 1.82) is 0 Å². The highest BCUT2D eigenvalue weighted by Gasteiger charge is 2.36. The van der Waals surface area contributed by atoms with Crippen LogP contribution < -0.4 is 4.90 Å². The molecule has 0 spiro atoms. The summed E-state index contributed by atoms with van der Waals surface area (Å²) in [5.41, 5.74) is -1.34. The molecule has 2 amide bonds. The fourth-order valence-electron chi connectivity index (χ4n) is 2.25. The van der Waals surface area contributed by atoms with Gasteiger partial charge in [-0.25, -0.2) is 19.6 Å². The summed E-state index contributed by atoms with van der Waals surface area (Å²) in [7, 11) is 0. The number of hydrogen-bond donors (Lipinski definition) is 0. The standard InChI is InChI=1S/C20H22Cl3N3O4/c1-19(2,3)29-17(27)26(18(28)30-20(4,5)6)16-15(24-10-13(22)25-16)11-8-7-9-12(21)14(11)23/h7-10H,1-6H3. The van der Waals surface area contributed by atoms with Crippen LogP contribution in [0.5, 0.6) is 0 Å². The first kappa shape index (κ1) is 24.2. The lowest BCUT2D eigenvalue weighted by atomic mass is 10.1. The number of aromatic nitrogens is 2. The van der Waals surface area contributed by atoms with E-state index in [-0.39, 0.29) is 26.7 Å². The SMILES string of the molecule is CC(C)(C)OC(=O)N(C(=O)OC(C)(C)C)c1nc(Cl)cnc1-c1cccc(Cl)c1Cl. The molecule has 10 heteroatoms. The number of amides is 2. The number of carbonyl (C=O) groups excluding carboxylic acids is 2. The third kappa shape index (κ3) is 6.20. The number of halogens is 3. The van der Waals surface area contributed by atoms with Gasteiger partial charge < -0.3 is 9.47 Å². The number of anilines is 1. The predicted octanol–water partition coefficient (Wildman–Crippen LogP) is 6.78. The van der Waals surface area contributed by atoms with Gasteiger partial charge in [0.05, 0.1) is 16.2 Å². The number of ether oxygens (including phenoxy) is 2. The Hall–Kier alpha value is -2.09. The molecule has 0 aliphatic carbocycles. The molecule has 0 radical (unpaired) electrons. The molecule has 1 heterocycles. The van der Waals surface area contributed by atoms with E-state index < -0.39 is 23.4 Å². The smallest absolute Gasteiger partial charge is 0.425 e. The normalized spacial score (nSPS) is 11.8. The Morgan fingerprint density at radius 1 is 0.933 bits per heavy atom. The molecular weight excluding hydrogens is 453 g/mol. The molecule has 30 heavy (non-hydrogen) atoms. The predicted molar refractivity (Wildman–Crippen MR) is 117 cm³/mol. The van der Waals surface area contributed by atoms with Crippen molar-refractivity contribution in [2.24, 2.45) is 0 Å². The van der Waals surface area contributed by atoms with Crippen LogP contribution in [0.3, 0.4) is 0 Å². The first-order valence-electron chi connectivity index (χ1n) is 8.92. The number of nitrogens with zero attached hydrogens (tertiary/aromatic N) is 3. The van der Waals surface area contributed by atoms with Crippen molar-refractivity contribution in [2.75, 3.05) is 4.90 Å². The molecule has 1 aromatic heterocycles. The monoisotopic (exact) mass is 473 g/mol. The summed E-state index contributed by atoms with van der Waals surface area (Å²) in [5.74, 6) is -0.199. The fourth-order valence-corrected chi connectivity index (χ4v) is 2.77. The van der Waals surface area contributed by atoms with Crippen LogP contribution in [0.15, 0.2) is 24.4 Å². The molecular formula is C20H22Cl3N3O4. The van der Waals surface area contributed by atoms with E-state index >= 15 is 0 Å². The minimum absolute atomic E-state index is 0.0518. The zero-order valence-corrected chi connectivity index (χ0v) is 19.7. The van der Waals surface area contributed by atoms with Crippen molar-refractivity contribution in [3.63, 3.8) is 0 Å². The highest BCUT2D eigenvalue weighted by molar-refractivity contribution is 6.43. The van der Waals surface area contributed by atoms with Gasteiger partial charge in [-0.1, -0.05) is 46.9 Å². The van der Waals surface area contributed by atoms with E-state index in [2.05, 4.69) is 9.97 Å². The lowest BCUT2D eigenvalue weighted by Crippen LogP contribution is -2.44. The van der Waals surface area contributed by atoms with Crippen molar-refractivity contribution < 1.29 is 19.1 Å². The summed E-state index contributed by atoms with van der Waals surface area (Å²) in [4.78, 5) is 35.0. The van der Waals surface area contributed by atoms with E-state index in [4.69, 9.17) is 44.3 Å². The van der Waals surface area contributed by atoms with E-state index in [1.807, 2.05) is 0 Å². The van der Waals surface area contributed by atoms with E-state index in [0.717, 1.165) is 0 Å². The van der Waals surface area contributed by atoms with Gasteiger partial charge in [0.15, 0.2) is 5.82 Å². The largest absolute Gasteiger partial charge is 0.443 e. The Labute approximate surface area is 190 Å². The van der Waals surface area contributed by atoms with Crippen LogP contribution >= 0.6 is 34.8 Å². The van der Waals surface area contributed by atoms with Crippen molar-refractivity contribution in [2.45, 2.75) is 52.7 Å². The summed E-state index contributed by atoms with van der Waals surface area (Å²) < 4.78 is 10.8. The maximum atomic E-state index is 13.0. The number of rotatable bonds is 2. The molecule has 0 atom stereocenters. The van der Waals surface area contributed by atoms with Crippen LogP contribution in [0.1, 0.15) is 41.5 Å². The zero-order valence-electron chi connectivity index (χ0n) is 17.4. The minimum atomic E-state index is -1.01.